The van der Waals surface area contributed by atoms with Gasteiger partial charge in [-0.05, 0) is 36.3 Å². The molecular weight excluding hydrogens is 382 g/mol. The SMILES string of the molecule is COCc1cccc(C[C@H](O)C=C[C@H]2CCC(=O)N2CC[C@@H](C)CCCC(=O)O)c1. The fourth-order valence-corrected chi connectivity index (χ4v) is 3.93. The third-order valence-corrected chi connectivity index (χ3v) is 5.63. The Morgan fingerprint density at radius 3 is 2.83 bits per heavy atom. The molecule has 0 aromatic heterocycles. The van der Waals surface area contributed by atoms with E-state index in [1.54, 1.807) is 13.2 Å². The molecule has 2 N–H and O–H groups in total. The Balaban J connectivity index is 1.83. The Labute approximate surface area is 179 Å². The maximum atomic E-state index is 12.3. The van der Waals surface area contributed by atoms with Crippen LogP contribution in [0.3, 0.4) is 0 Å². The van der Waals surface area contributed by atoms with E-state index in [0.717, 1.165) is 30.4 Å². The second-order valence-electron chi connectivity index (χ2n) is 8.28. The summed E-state index contributed by atoms with van der Waals surface area (Å²) in [5.74, 6) is -0.220. The fraction of sp³-hybridized carbons (Fsp3) is 0.583. The average molecular weight is 418 g/mol. The van der Waals surface area contributed by atoms with Crippen LogP contribution in [0.4, 0.5) is 0 Å². The number of carboxylic acids is 1. The van der Waals surface area contributed by atoms with Gasteiger partial charge in [0.1, 0.15) is 0 Å². The van der Waals surface area contributed by atoms with Crippen LogP contribution in [-0.2, 0) is 27.4 Å². The number of likely N-dealkylation sites (tertiary alicyclic amines) is 1. The van der Waals surface area contributed by atoms with Gasteiger partial charge in [-0.1, -0.05) is 49.8 Å². The van der Waals surface area contributed by atoms with E-state index < -0.39 is 12.1 Å². The number of aliphatic hydroxyl groups is 1. The lowest BCUT2D eigenvalue weighted by Crippen LogP contribution is -2.33. The summed E-state index contributed by atoms with van der Waals surface area (Å²) in [4.78, 5) is 24.8. The van der Waals surface area contributed by atoms with Crippen molar-refractivity contribution in [2.75, 3.05) is 13.7 Å². The topological polar surface area (TPSA) is 87.1 Å². The number of methoxy groups -OCH3 is 1. The number of nitrogens with zero attached hydrogens (tertiary/aromatic N) is 1. The smallest absolute Gasteiger partial charge is 0.303 e. The first-order valence-electron chi connectivity index (χ1n) is 10.8. The van der Waals surface area contributed by atoms with Gasteiger partial charge in [0, 0.05) is 32.9 Å². The Morgan fingerprint density at radius 1 is 1.33 bits per heavy atom. The third-order valence-electron chi connectivity index (χ3n) is 5.63. The third kappa shape index (κ3) is 8.28. The predicted molar refractivity (Wildman–Crippen MR) is 116 cm³/mol. The van der Waals surface area contributed by atoms with E-state index in [-0.39, 0.29) is 18.4 Å². The largest absolute Gasteiger partial charge is 0.481 e. The number of amides is 1. The number of aliphatic hydroxyl groups excluding tert-OH is 1. The van der Waals surface area contributed by atoms with Crippen LogP contribution in [0, 0.1) is 5.92 Å². The molecule has 1 heterocycles. The van der Waals surface area contributed by atoms with E-state index in [0.29, 0.717) is 38.3 Å². The van der Waals surface area contributed by atoms with Crippen molar-refractivity contribution in [3.05, 3.63) is 47.5 Å². The highest BCUT2D eigenvalue weighted by Crippen LogP contribution is 2.23. The van der Waals surface area contributed by atoms with Crippen LogP contribution >= 0.6 is 0 Å². The summed E-state index contributed by atoms with van der Waals surface area (Å²) < 4.78 is 5.16. The van der Waals surface area contributed by atoms with Crippen molar-refractivity contribution in [3.63, 3.8) is 0 Å². The molecule has 0 saturated carbocycles. The molecule has 2 rings (SSSR count). The predicted octanol–water partition coefficient (Wildman–Crippen LogP) is 3.56. The first kappa shape index (κ1) is 24.1. The minimum absolute atomic E-state index is 0.0261. The Hall–Kier alpha value is -2.18. The maximum absolute atomic E-state index is 12.3. The van der Waals surface area contributed by atoms with Crippen LogP contribution in [0.15, 0.2) is 36.4 Å². The van der Waals surface area contributed by atoms with E-state index in [4.69, 9.17) is 9.84 Å². The molecule has 1 saturated heterocycles. The number of rotatable bonds is 13. The highest BCUT2D eigenvalue weighted by molar-refractivity contribution is 5.79. The molecule has 30 heavy (non-hydrogen) atoms. The number of ether oxygens (including phenoxy) is 1. The zero-order valence-electron chi connectivity index (χ0n) is 18.1. The Morgan fingerprint density at radius 2 is 2.10 bits per heavy atom. The van der Waals surface area contributed by atoms with Gasteiger partial charge < -0.3 is 19.8 Å². The van der Waals surface area contributed by atoms with Gasteiger partial charge in [-0.25, -0.2) is 0 Å². The molecule has 1 aliphatic heterocycles. The van der Waals surface area contributed by atoms with Gasteiger partial charge >= 0.3 is 5.97 Å². The second-order valence-corrected chi connectivity index (χ2v) is 8.28. The normalized spacial score (nSPS) is 18.8. The van der Waals surface area contributed by atoms with Gasteiger partial charge in [0.05, 0.1) is 18.8 Å². The molecule has 0 aliphatic carbocycles. The second kappa shape index (κ2) is 12.5. The van der Waals surface area contributed by atoms with Gasteiger partial charge in [0.15, 0.2) is 0 Å². The number of hydrogen-bond acceptors (Lipinski definition) is 4. The van der Waals surface area contributed by atoms with Crippen LogP contribution in [0.5, 0.6) is 0 Å². The van der Waals surface area contributed by atoms with Crippen LogP contribution in [-0.4, -0.2) is 52.8 Å². The standard InChI is InChI=1S/C24H35NO5/c1-18(5-3-8-24(28)29)13-14-25-21(10-12-23(25)27)9-11-22(26)16-19-6-4-7-20(15-19)17-30-2/h4,6-7,9,11,15,18,21-22,26H,3,5,8,10,12-14,16-17H2,1-2H3,(H,28,29)/t18-,21-,22+/m0/s1. The van der Waals surface area contributed by atoms with Crippen LogP contribution < -0.4 is 0 Å². The van der Waals surface area contributed by atoms with Crippen LogP contribution in [0.1, 0.15) is 56.6 Å². The highest BCUT2D eigenvalue weighted by Gasteiger charge is 2.29. The van der Waals surface area contributed by atoms with Crippen molar-refractivity contribution in [2.45, 2.75) is 70.6 Å². The average Bonchev–Trinajstić information content (AvgIpc) is 3.04. The molecule has 0 unspecified atom stereocenters. The van der Waals surface area contributed by atoms with Gasteiger partial charge in [-0.15, -0.1) is 0 Å². The van der Waals surface area contributed by atoms with Gasteiger partial charge in [0.25, 0.3) is 0 Å². The van der Waals surface area contributed by atoms with Crippen molar-refractivity contribution in [2.24, 2.45) is 5.92 Å². The zero-order valence-corrected chi connectivity index (χ0v) is 18.1. The number of aliphatic carboxylic acids is 1. The highest BCUT2D eigenvalue weighted by atomic mass is 16.5. The Kier molecular flexibility index (Phi) is 10.0. The van der Waals surface area contributed by atoms with Crippen molar-refractivity contribution in [1.29, 1.82) is 0 Å². The van der Waals surface area contributed by atoms with E-state index in [2.05, 4.69) is 6.92 Å². The molecule has 0 bridgehead atoms. The van der Waals surface area contributed by atoms with E-state index in [1.807, 2.05) is 35.2 Å². The molecule has 1 aliphatic rings. The minimum Gasteiger partial charge on any atom is -0.481 e. The summed E-state index contributed by atoms with van der Waals surface area (Å²) in [7, 11) is 1.66. The van der Waals surface area contributed by atoms with Crippen molar-refractivity contribution < 1.29 is 24.5 Å². The van der Waals surface area contributed by atoms with Crippen molar-refractivity contribution in [3.8, 4) is 0 Å². The molecule has 3 atom stereocenters. The van der Waals surface area contributed by atoms with Gasteiger partial charge in [-0.3, -0.25) is 9.59 Å². The fourth-order valence-electron chi connectivity index (χ4n) is 3.93. The Bertz CT molecular complexity index is 717. The van der Waals surface area contributed by atoms with Crippen molar-refractivity contribution >= 4 is 11.9 Å². The van der Waals surface area contributed by atoms with Gasteiger partial charge in [-0.2, -0.15) is 0 Å². The quantitative estimate of drug-likeness (QED) is 0.479. The van der Waals surface area contributed by atoms with E-state index >= 15 is 0 Å². The molecule has 0 radical (unpaired) electrons. The number of carboxylic acid groups (broad SMARTS) is 1. The van der Waals surface area contributed by atoms with E-state index in [1.165, 1.54) is 0 Å². The zero-order chi connectivity index (χ0) is 21.9. The summed E-state index contributed by atoms with van der Waals surface area (Å²) in [6.07, 6.45) is 7.59. The molecule has 1 aromatic carbocycles. The van der Waals surface area contributed by atoms with Crippen molar-refractivity contribution in [1.82, 2.24) is 4.90 Å². The molecule has 1 aromatic rings. The molecule has 0 spiro atoms. The summed E-state index contributed by atoms with van der Waals surface area (Å²) in [6, 6.07) is 8.03. The summed E-state index contributed by atoms with van der Waals surface area (Å²) in [5.41, 5.74) is 2.13. The summed E-state index contributed by atoms with van der Waals surface area (Å²) >= 11 is 0. The first-order valence-corrected chi connectivity index (χ1v) is 10.8. The lowest BCUT2D eigenvalue weighted by atomic mass is 10.00. The molecule has 166 valence electrons. The van der Waals surface area contributed by atoms with Crippen LogP contribution in [0.25, 0.3) is 0 Å². The van der Waals surface area contributed by atoms with E-state index in [9.17, 15) is 14.7 Å². The number of benzene rings is 1. The lowest BCUT2D eigenvalue weighted by molar-refractivity contribution is -0.137. The summed E-state index contributed by atoms with van der Waals surface area (Å²) in [5, 5.41) is 19.2. The van der Waals surface area contributed by atoms with Gasteiger partial charge in [0.2, 0.25) is 5.91 Å². The minimum atomic E-state index is -0.758. The summed E-state index contributed by atoms with van der Waals surface area (Å²) in [6.45, 7) is 3.33. The molecule has 6 heteroatoms. The number of carbonyl (C=O) groups excluding carboxylic acids is 1. The molecular formula is C24H35NO5. The van der Waals surface area contributed by atoms with Crippen LogP contribution in [0.2, 0.25) is 0 Å². The lowest BCUT2D eigenvalue weighted by Gasteiger charge is -2.24. The number of carbonyl (C=O) groups is 2. The monoisotopic (exact) mass is 417 g/mol. The molecule has 1 amide bonds. The number of hydrogen-bond donors (Lipinski definition) is 2. The molecule has 1 fully saturated rings. The first-order chi connectivity index (χ1) is 14.4. The molecule has 6 nitrogen and oxygen atoms in total. The maximum Gasteiger partial charge on any atom is 0.303 e.